The predicted molar refractivity (Wildman–Crippen MR) is 130 cm³/mol. The van der Waals surface area contributed by atoms with Gasteiger partial charge in [0.05, 0.1) is 24.8 Å². The summed E-state index contributed by atoms with van der Waals surface area (Å²) in [6, 6.07) is 7.31. The van der Waals surface area contributed by atoms with Gasteiger partial charge in [0, 0.05) is 32.1 Å². The first-order valence-electron chi connectivity index (χ1n) is 12.1. The maximum Gasteiger partial charge on any atom is 0.240 e. The van der Waals surface area contributed by atoms with E-state index in [4.69, 9.17) is 25.2 Å². The fourth-order valence-electron chi connectivity index (χ4n) is 4.56. The molecule has 0 aliphatic carbocycles. The summed E-state index contributed by atoms with van der Waals surface area (Å²) in [6.07, 6.45) is 3.32. The molecule has 4 N–H and O–H groups in total. The van der Waals surface area contributed by atoms with E-state index in [1.54, 1.807) is 7.11 Å². The van der Waals surface area contributed by atoms with Gasteiger partial charge in [0.1, 0.15) is 17.7 Å². The van der Waals surface area contributed by atoms with Gasteiger partial charge in [0.25, 0.3) is 0 Å². The highest BCUT2D eigenvalue weighted by atomic mass is 16.7. The van der Waals surface area contributed by atoms with E-state index in [2.05, 4.69) is 20.7 Å². The maximum atomic E-state index is 12.0. The number of aromatic nitrogens is 2. The van der Waals surface area contributed by atoms with Crippen LogP contribution in [0, 0.1) is 5.92 Å². The van der Waals surface area contributed by atoms with Gasteiger partial charge in [0.2, 0.25) is 5.91 Å². The molecule has 186 valence electrons. The Morgan fingerprint density at radius 2 is 2.12 bits per heavy atom. The van der Waals surface area contributed by atoms with Gasteiger partial charge in [-0.05, 0) is 37.3 Å². The van der Waals surface area contributed by atoms with Crippen molar-refractivity contribution in [1.82, 2.24) is 25.3 Å². The number of hydrogen-bond donors (Lipinski definition) is 3. The summed E-state index contributed by atoms with van der Waals surface area (Å²) in [7, 11) is 1.71. The number of methoxy groups -OCH3 is 1. The molecule has 2 aliphatic rings. The van der Waals surface area contributed by atoms with Crippen molar-refractivity contribution >= 4 is 22.6 Å². The van der Waals surface area contributed by atoms with Crippen LogP contribution in [0.5, 0.6) is 0 Å². The summed E-state index contributed by atoms with van der Waals surface area (Å²) < 4.78 is 11.4. The molecule has 0 radical (unpaired) electrons. The molecule has 2 aliphatic heterocycles. The van der Waals surface area contributed by atoms with Gasteiger partial charge in [-0.3, -0.25) is 9.69 Å². The molecule has 3 heterocycles. The highest BCUT2D eigenvalue weighted by Gasteiger charge is 2.26. The van der Waals surface area contributed by atoms with Gasteiger partial charge in [-0.2, -0.15) is 0 Å². The zero-order valence-corrected chi connectivity index (χ0v) is 20.4. The minimum absolute atomic E-state index is 0.0386. The summed E-state index contributed by atoms with van der Waals surface area (Å²) in [5.74, 6) is 0.971. The summed E-state index contributed by atoms with van der Waals surface area (Å²) in [5, 5.41) is 6.27. The highest BCUT2D eigenvalue weighted by Crippen LogP contribution is 2.23. The number of carbonyl (C=O) groups excluding carboxylic acids is 1. The number of benzene rings is 1. The number of para-hydroxylation sites is 1. The molecule has 2 aromatic rings. The number of amides is 1. The van der Waals surface area contributed by atoms with Crippen LogP contribution in [0.4, 0.5) is 5.82 Å². The zero-order valence-electron chi connectivity index (χ0n) is 20.4. The van der Waals surface area contributed by atoms with Crippen LogP contribution in [0.25, 0.3) is 10.9 Å². The van der Waals surface area contributed by atoms with Gasteiger partial charge < -0.3 is 20.5 Å². The lowest BCUT2D eigenvalue weighted by Gasteiger charge is -2.38. The smallest absolute Gasteiger partial charge is 0.240 e. The molecule has 1 aromatic heterocycles. The SMILES string of the molecule is COC1CCCC(CN2CCN(Cc3nc(N[C@H](C(N)=O)C(C)C)c4ccccc4n3)NC2)O1. The third-order valence-electron chi connectivity index (χ3n) is 6.49. The topological polar surface area (TPSA) is 118 Å². The van der Waals surface area contributed by atoms with Crippen LogP contribution in [0.15, 0.2) is 24.3 Å². The predicted octanol–water partition coefficient (Wildman–Crippen LogP) is 1.67. The quantitative estimate of drug-likeness (QED) is 0.502. The second-order valence-corrected chi connectivity index (χ2v) is 9.44. The Labute approximate surface area is 201 Å². The normalized spacial score (nSPS) is 23.3. The average molecular weight is 472 g/mol. The third kappa shape index (κ3) is 6.19. The minimum atomic E-state index is -0.507. The van der Waals surface area contributed by atoms with Crippen molar-refractivity contribution < 1.29 is 14.3 Å². The fraction of sp³-hybridized carbons (Fsp3) is 0.625. The molecular formula is C24H37N7O3. The molecule has 34 heavy (non-hydrogen) atoms. The van der Waals surface area contributed by atoms with Crippen LogP contribution >= 0.6 is 0 Å². The van der Waals surface area contributed by atoms with Crippen LogP contribution in [0.2, 0.25) is 0 Å². The van der Waals surface area contributed by atoms with E-state index in [9.17, 15) is 4.79 Å². The zero-order chi connectivity index (χ0) is 24.1. The van der Waals surface area contributed by atoms with Crippen molar-refractivity contribution in [2.24, 2.45) is 11.7 Å². The molecule has 2 saturated heterocycles. The summed E-state index contributed by atoms with van der Waals surface area (Å²) in [5.41, 5.74) is 9.94. The molecule has 1 aromatic carbocycles. The van der Waals surface area contributed by atoms with Gasteiger partial charge in [-0.25, -0.2) is 20.4 Å². The number of nitrogens with one attached hydrogen (secondary N) is 2. The number of rotatable bonds is 9. The Morgan fingerprint density at radius 3 is 2.82 bits per heavy atom. The second-order valence-electron chi connectivity index (χ2n) is 9.44. The van der Waals surface area contributed by atoms with Gasteiger partial charge in [-0.15, -0.1) is 0 Å². The number of hydrazine groups is 1. The van der Waals surface area contributed by atoms with E-state index in [1.807, 2.05) is 38.1 Å². The monoisotopic (exact) mass is 471 g/mol. The van der Waals surface area contributed by atoms with Gasteiger partial charge in [-0.1, -0.05) is 26.0 Å². The van der Waals surface area contributed by atoms with Crippen molar-refractivity contribution in [1.29, 1.82) is 0 Å². The van der Waals surface area contributed by atoms with Crippen molar-refractivity contribution in [3.8, 4) is 0 Å². The summed E-state index contributed by atoms with van der Waals surface area (Å²) in [6.45, 7) is 7.89. The molecule has 1 amide bonds. The third-order valence-corrected chi connectivity index (χ3v) is 6.49. The van der Waals surface area contributed by atoms with E-state index in [1.165, 1.54) is 0 Å². The molecular weight excluding hydrogens is 434 g/mol. The average Bonchev–Trinajstić information content (AvgIpc) is 2.83. The first-order valence-corrected chi connectivity index (χ1v) is 12.1. The molecule has 2 fully saturated rings. The number of ether oxygens (including phenoxy) is 2. The van der Waals surface area contributed by atoms with E-state index < -0.39 is 11.9 Å². The first kappa shape index (κ1) is 24.7. The largest absolute Gasteiger partial charge is 0.368 e. The Kier molecular flexibility index (Phi) is 8.28. The number of nitrogens with zero attached hydrogens (tertiary/aromatic N) is 4. The molecule has 0 spiro atoms. The lowest BCUT2D eigenvalue weighted by molar-refractivity contribution is -0.185. The molecule has 10 nitrogen and oxygen atoms in total. The Morgan fingerprint density at radius 1 is 1.29 bits per heavy atom. The Hall–Kier alpha value is -2.37. The molecule has 0 saturated carbocycles. The summed E-state index contributed by atoms with van der Waals surface area (Å²) >= 11 is 0. The van der Waals surface area contributed by atoms with Crippen molar-refractivity contribution in [2.45, 2.75) is 58.1 Å². The molecule has 10 heteroatoms. The number of anilines is 1. The standard InChI is InChI=1S/C24H37N7O3/c1-16(2)22(23(25)32)29-24-18-8-4-5-9-19(18)27-20(28-24)14-31-12-11-30(15-26-31)13-17-7-6-10-21(33-3)34-17/h4-5,8-9,16-17,21-22,26H,6-7,10-15H2,1-3H3,(H2,25,32)(H,27,28,29)/t17?,21?,22-/m0/s1. The maximum absolute atomic E-state index is 12.0. The molecule has 0 bridgehead atoms. The van der Waals surface area contributed by atoms with Crippen molar-refractivity contribution in [3.05, 3.63) is 30.1 Å². The number of hydrogen-bond acceptors (Lipinski definition) is 9. The molecule has 4 rings (SSSR count). The number of fused-ring (bicyclic) bond motifs is 1. The van der Waals surface area contributed by atoms with Gasteiger partial charge >= 0.3 is 0 Å². The molecule has 3 atom stereocenters. The van der Waals surface area contributed by atoms with Crippen molar-refractivity contribution in [3.63, 3.8) is 0 Å². The lowest BCUT2D eigenvalue weighted by Crippen LogP contribution is -2.55. The van der Waals surface area contributed by atoms with Crippen LogP contribution in [-0.4, -0.2) is 77.6 Å². The second kappa shape index (κ2) is 11.4. The minimum Gasteiger partial charge on any atom is -0.368 e. The van der Waals surface area contributed by atoms with E-state index >= 15 is 0 Å². The number of carbonyl (C=O) groups is 1. The van der Waals surface area contributed by atoms with Crippen LogP contribution in [0.3, 0.4) is 0 Å². The fourth-order valence-corrected chi connectivity index (χ4v) is 4.56. The molecule has 2 unspecified atom stereocenters. The van der Waals surface area contributed by atoms with Crippen molar-refractivity contribution in [2.75, 3.05) is 38.7 Å². The van der Waals surface area contributed by atoms with E-state index in [0.29, 0.717) is 18.2 Å². The van der Waals surface area contributed by atoms with Crippen LogP contribution in [0.1, 0.15) is 38.9 Å². The first-order chi connectivity index (χ1) is 16.4. The van der Waals surface area contributed by atoms with E-state index in [0.717, 1.165) is 56.5 Å². The lowest BCUT2D eigenvalue weighted by atomic mass is 10.0. The summed E-state index contributed by atoms with van der Waals surface area (Å²) in [4.78, 5) is 23.9. The van der Waals surface area contributed by atoms with Crippen LogP contribution < -0.4 is 16.5 Å². The Bertz CT molecular complexity index is 965. The number of nitrogens with two attached hydrogens (primary N) is 1. The Balaban J connectivity index is 1.39. The highest BCUT2D eigenvalue weighted by molar-refractivity contribution is 5.91. The van der Waals surface area contributed by atoms with E-state index in [-0.39, 0.29) is 18.3 Å². The number of primary amides is 1. The van der Waals surface area contributed by atoms with Gasteiger partial charge in [0.15, 0.2) is 6.29 Å². The van der Waals surface area contributed by atoms with Crippen LogP contribution in [-0.2, 0) is 20.8 Å².